The first-order valence-electron chi connectivity index (χ1n) is 8.88. The molecule has 152 valence electrons. The standard InChI is InChI=1S/C20H15ClFN5O2S/c1-11(18(28)24-14-6-3-5-13(22)9-14)30-20-25-17-16(19(29)26-20)10-23-27(17)15-7-2-4-12(21)8-15/h2-11H,1H3,(H,24,28)(H,25,26,29)/t11-/m1/s1. The number of H-pyrrole nitrogens is 1. The van der Waals surface area contributed by atoms with Crippen LogP contribution in [0.25, 0.3) is 16.7 Å². The van der Waals surface area contributed by atoms with Crippen molar-refractivity contribution in [3.63, 3.8) is 0 Å². The highest BCUT2D eigenvalue weighted by atomic mass is 35.5. The zero-order valence-corrected chi connectivity index (χ0v) is 17.2. The maximum absolute atomic E-state index is 13.3. The molecule has 30 heavy (non-hydrogen) atoms. The van der Waals surface area contributed by atoms with E-state index in [9.17, 15) is 14.0 Å². The molecule has 1 atom stereocenters. The number of benzene rings is 2. The van der Waals surface area contributed by atoms with Gasteiger partial charge < -0.3 is 10.3 Å². The summed E-state index contributed by atoms with van der Waals surface area (Å²) in [4.78, 5) is 32.0. The fourth-order valence-electron chi connectivity index (χ4n) is 2.78. The minimum Gasteiger partial charge on any atom is -0.325 e. The van der Waals surface area contributed by atoms with E-state index in [2.05, 4.69) is 20.4 Å². The van der Waals surface area contributed by atoms with Gasteiger partial charge in [-0.3, -0.25) is 9.59 Å². The molecule has 2 heterocycles. The van der Waals surface area contributed by atoms with Crippen molar-refractivity contribution in [2.24, 2.45) is 0 Å². The number of aromatic nitrogens is 4. The topological polar surface area (TPSA) is 92.7 Å². The highest BCUT2D eigenvalue weighted by molar-refractivity contribution is 8.00. The lowest BCUT2D eigenvalue weighted by Gasteiger charge is -2.11. The van der Waals surface area contributed by atoms with Crippen LogP contribution in [0.4, 0.5) is 10.1 Å². The highest BCUT2D eigenvalue weighted by Gasteiger charge is 2.18. The summed E-state index contributed by atoms with van der Waals surface area (Å²) in [7, 11) is 0. The zero-order chi connectivity index (χ0) is 21.3. The van der Waals surface area contributed by atoms with Gasteiger partial charge in [-0.15, -0.1) is 0 Å². The maximum atomic E-state index is 13.3. The molecule has 4 aromatic rings. The molecule has 2 N–H and O–H groups in total. The van der Waals surface area contributed by atoms with Gasteiger partial charge in [-0.1, -0.05) is 35.5 Å². The number of nitrogens with zero attached hydrogens (tertiary/aromatic N) is 3. The quantitative estimate of drug-likeness (QED) is 0.359. The fraction of sp³-hybridized carbons (Fsp3) is 0.100. The summed E-state index contributed by atoms with van der Waals surface area (Å²) in [5.74, 6) is -0.796. The van der Waals surface area contributed by atoms with Crippen molar-refractivity contribution < 1.29 is 9.18 Å². The highest BCUT2D eigenvalue weighted by Crippen LogP contribution is 2.23. The van der Waals surface area contributed by atoms with Gasteiger partial charge in [-0.2, -0.15) is 5.10 Å². The van der Waals surface area contributed by atoms with Crippen LogP contribution in [-0.4, -0.2) is 30.9 Å². The Morgan fingerprint density at radius 3 is 2.83 bits per heavy atom. The molecular weight excluding hydrogens is 429 g/mol. The summed E-state index contributed by atoms with van der Waals surface area (Å²) in [6.07, 6.45) is 1.43. The van der Waals surface area contributed by atoms with E-state index in [1.807, 2.05) is 0 Å². The van der Waals surface area contributed by atoms with E-state index in [0.717, 1.165) is 11.8 Å². The first-order valence-corrected chi connectivity index (χ1v) is 10.1. The number of amides is 1. The van der Waals surface area contributed by atoms with E-state index in [1.54, 1.807) is 37.3 Å². The molecule has 7 nitrogen and oxygen atoms in total. The van der Waals surface area contributed by atoms with Crippen LogP contribution < -0.4 is 10.9 Å². The van der Waals surface area contributed by atoms with Crippen LogP contribution >= 0.6 is 23.4 Å². The van der Waals surface area contributed by atoms with Crippen molar-refractivity contribution in [2.45, 2.75) is 17.3 Å². The summed E-state index contributed by atoms with van der Waals surface area (Å²) in [6, 6.07) is 12.6. The van der Waals surface area contributed by atoms with Crippen LogP contribution in [-0.2, 0) is 4.79 Å². The third kappa shape index (κ3) is 4.22. The monoisotopic (exact) mass is 443 g/mol. The molecule has 0 aliphatic carbocycles. The molecule has 0 spiro atoms. The SMILES string of the molecule is C[C@@H](Sc1nc2c(cnn2-c2cccc(Cl)c2)c(=O)[nH]1)C(=O)Nc1cccc(F)c1. The second kappa shape index (κ2) is 8.29. The summed E-state index contributed by atoms with van der Waals surface area (Å²) in [5, 5.41) is 7.38. The number of carbonyl (C=O) groups is 1. The Balaban J connectivity index is 1.60. The van der Waals surface area contributed by atoms with Crippen molar-refractivity contribution in [3.05, 3.63) is 75.9 Å². The maximum Gasteiger partial charge on any atom is 0.262 e. The van der Waals surface area contributed by atoms with Gasteiger partial charge in [0.1, 0.15) is 11.2 Å². The lowest BCUT2D eigenvalue weighted by molar-refractivity contribution is -0.115. The first-order chi connectivity index (χ1) is 14.4. The number of hydrogen-bond acceptors (Lipinski definition) is 5. The number of fused-ring (bicyclic) bond motifs is 1. The van der Waals surface area contributed by atoms with Crippen LogP contribution in [0.5, 0.6) is 0 Å². The molecule has 0 radical (unpaired) electrons. The van der Waals surface area contributed by atoms with Crippen LogP contribution in [0.1, 0.15) is 6.92 Å². The Labute approximate surface area is 179 Å². The van der Waals surface area contributed by atoms with Gasteiger partial charge in [-0.05, 0) is 43.3 Å². The summed E-state index contributed by atoms with van der Waals surface area (Å²) in [5.41, 5.74) is 0.988. The minimum absolute atomic E-state index is 0.262. The molecule has 10 heteroatoms. The molecule has 1 amide bonds. The molecule has 0 saturated carbocycles. The number of aromatic amines is 1. The number of thioether (sulfide) groups is 1. The van der Waals surface area contributed by atoms with Crippen LogP contribution in [0.15, 0.2) is 64.7 Å². The molecular formula is C20H15ClFN5O2S. The fourth-order valence-corrected chi connectivity index (χ4v) is 3.76. The predicted octanol–water partition coefficient (Wildman–Crippen LogP) is 4.02. The summed E-state index contributed by atoms with van der Waals surface area (Å²) >= 11 is 7.13. The Hall–Kier alpha value is -3.17. The summed E-state index contributed by atoms with van der Waals surface area (Å²) in [6.45, 7) is 1.66. The molecule has 0 saturated heterocycles. The third-order valence-corrected chi connectivity index (χ3v) is 5.44. The molecule has 0 fully saturated rings. The van der Waals surface area contributed by atoms with Crippen molar-refractivity contribution >= 4 is 46.0 Å². The molecule has 2 aromatic carbocycles. The van der Waals surface area contributed by atoms with Gasteiger partial charge in [0.2, 0.25) is 5.91 Å². The van der Waals surface area contributed by atoms with Gasteiger partial charge in [-0.25, -0.2) is 14.1 Å². The number of anilines is 1. The minimum atomic E-state index is -0.601. The summed E-state index contributed by atoms with van der Waals surface area (Å²) < 4.78 is 14.8. The van der Waals surface area contributed by atoms with E-state index in [1.165, 1.54) is 29.1 Å². The second-order valence-corrected chi connectivity index (χ2v) is 8.17. The van der Waals surface area contributed by atoms with Gasteiger partial charge >= 0.3 is 0 Å². The largest absolute Gasteiger partial charge is 0.325 e. The number of nitrogens with one attached hydrogen (secondary N) is 2. The van der Waals surface area contributed by atoms with E-state index < -0.39 is 11.1 Å². The second-order valence-electron chi connectivity index (χ2n) is 6.40. The van der Waals surface area contributed by atoms with Gasteiger partial charge in [0, 0.05) is 10.7 Å². The third-order valence-electron chi connectivity index (χ3n) is 4.22. The Bertz CT molecular complexity index is 1310. The van der Waals surface area contributed by atoms with Crippen molar-refractivity contribution in [1.82, 2.24) is 19.7 Å². The molecule has 2 aromatic heterocycles. The molecule has 4 rings (SSSR count). The number of halogens is 2. The molecule has 0 aliphatic rings. The van der Waals surface area contributed by atoms with E-state index in [4.69, 9.17) is 11.6 Å². The van der Waals surface area contributed by atoms with Gasteiger partial charge in [0.05, 0.1) is 17.1 Å². The smallest absolute Gasteiger partial charge is 0.262 e. The van der Waals surface area contributed by atoms with Gasteiger partial charge in [0.15, 0.2) is 10.8 Å². The van der Waals surface area contributed by atoms with E-state index in [0.29, 0.717) is 27.4 Å². The van der Waals surface area contributed by atoms with Crippen LogP contribution in [0.2, 0.25) is 5.02 Å². The number of rotatable bonds is 5. The average molecular weight is 444 g/mol. The average Bonchev–Trinajstić information content (AvgIpc) is 3.12. The number of carbonyl (C=O) groups excluding carboxylic acids is 1. The first kappa shape index (κ1) is 20.1. The lowest BCUT2D eigenvalue weighted by Crippen LogP contribution is -2.23. The Kier molecular flexibility index (Phi) is 5.56. The van der Waals surface area contributed by atoms with Crippen LogP contribution in [0, 0.1) is 5.82 Å². The van der Waals surface area contributed by atoms with E-state index >= 15 is 0 Å². The van der Waals surface area contributed by atoms with E-state index in [-0.39, 0.29) is 16.6 Å². The van der Waals surface area contributed by atoms with Crippen molar-refractivity contribution in [3.8, 4) is 5.69 Å². The normalized spacial score (nSPS) is 12.1. The van der Waals surface area contributed by atoms with Gasteiger partial charge in [0.25, 0.3) is 5.56 Å². The lowest BCUT2D eigenvalue weighted by atomic mass is 10.3. The zero-order valence-electron chi connectivity index (χ0n) is 15.6. The van der Waals surface area contributed by atoms with Crippen molar-refractivity contribution in [1.29, 1.82) is 0 Å². The Morgan fingerprint density at radius 1 is 1.27 bits per heavy atom. The Morgan fingerprint density at radius 2 is 2.07 bits per heavy atom. The molecule has 0 unspecified atom stereocenters. The molecule has 0 aliphatic heterocycles. The van der Waals surface area contributed by atoms with Crippen LogP contribution in [0.3, 0.4) is 0 Å². The number of hydrogen-bond donors (Lipinski definition) is 2. The van der Waals surface area contributed by atoms with Crippen molar-refractivity contribution in [2.75, 3.05) is 5.32 Å². The predicted molar refractivity (Wildman–Crippen MR) is 115 cm³/mol. The molecule has 0 bridgehead atoms.